The SMILES string of the molecule is Cc1ccc(COc2ccc(N3C(=O)NC(=O)/C(=C\c4ccc(OCc5ccc(C)c(C)c5)cc4)C3=O)cc2)cc1. The molecular weight excluding hydrogens is 516 g/mol. The number of barbiturate groups is 1. The van der Waals surface area contributed by atoms with Crippen LogP contribution < -0.4 is 19.7 Å². The molecule has 0 unspecified atom stereocenters. The van der Waals surface area contributed by atoms with E-state index in [1.807, 2.05) is 37.3 Å². The molecule has 0 aliphatic carbocycles. The van der Waals surface area contributed by atoms with Crippen molar-refractivity contribution < 1.29 is 23.9 Å². The quantitative estimate of drug-likeness (QED) is 0.203. The maximum atomic E-state index is 13.3. The number of imide groups is 2. The molecule has 1 heterocycles. The third-order valence-electron chi connectivity index (χ3n) is 6.89. The number of urea groups is 1. The van der Waals surface area contributed by atoms with Crippen molar-refractivity contribution in [3.05, 3.63) is 130 Å². The molecule has 4 aromatic carbocycles. The Morgan fingerprint density at radius 2 is 1.27 bits per heavy atom. The van der Waals surface area contributed by atoms with Crippen molar-refractivity contribution in [3.8, 4) is 11.5 Å². The zero-order valence-electron chi connectivity index (χ0n) is 23.1. The van der Waals surface area contributed by atoms with Crippen molar-refractivity contribution >= 4 is 29.6 Å². The van der Waals surface area contributed by atoms with E-state index in [-0.39, 0.29) is 5.57 Å². The average Bonchev–Trinajstić information content (AvgIpc) is 2.97. The molecule has 5 rings (SSSR count). The topological polar surface area (TPSA) is 84.9 Å². The average molecular weight is 547 g/mol. The lowest BCUT2D eigenvalue weighted by Gasteiger charge is -2.26. The number of hydrogen-bond donors (Lipinski definition) is 1. The van der Waals surface area contributed by atoms with E-state index in [2.05, 4.69) is 31.3 Å². The molecule has 4 amide bonds. The van der Waals surface area contributed by atoms with Crippen LogP contribution in [0.1, 0.15) is 33.4 Å². The number of ether oxygens (including phenoxy) is 2. The van der Waals surface area contributed by atoms with Crippen molar-refractivity contribution in [3.63, 3.8) is 0 Å². The molecule has 0 radical (unpaired) electrons. The molecule has 0 aromatic heterocycles. The Labute approximate surface area is 239 Å². The Morgan fingerprint density at radius 1 is 0.683 bits per heavy atom. The summed E-state index contributed by atoms with van der Waals surface area (Å²) in [5, 5.41) is 2.26. The fourth-order valence-corrected chi connectivity index (χ4v) is 4.32. The van der Waals surface area contributed by atoms with Crippen LogP contribution in [0.5, 0.6) is 11.5 Å². The molecule has 1 N–H and O–H groups in total. The Balaban J connectivity index is 1.25. The van der Waals surface area contributed by atoms with Gasteiger partial charge in [-0.05, 0) is 91.1 Å². The lowest BCUT2D eigenvalue weighted by atomic mass is 10.1. The Kier molecular flexibility index (Phi) is 7.97. The summed E-state index contributed by atoms with van der Waals surface area (Å²) < 4.78 is 11.7. The maximum Gasteiger partial charge on any atom is 0.335 e. The second-order valence-corrected chi connectivity index (χ2v) is 10.0. The van der Waals surface area contributed by atoms with Gasteiger partial charge in [-0.3, -0.25) is 14.9 Å². The largest absolute Gasteiger partial charge is 0.489 e. The van der Waals surface area contributed by atoms with E-state index in [1.165, 1.54) is 22.8 Å². The first kappa shape index (κ1) is 27.4. The second-order valence-electron chi connectivity index (χ2n) is 10.0. The molecule has 0 atom stereocenters. The lowest BCUT2D eigenvalue weighted by molar-refractivity contribution is -0.122. The van der Waals surface area contributed by atoms with Crippen LogP contribution in [0.2, 0.25) is 0 Å². The van der Waals surface area contributed by atoms with Crippen LogP contribution >= 0.6 is 0 Å². The van der Waals surface area contributed by atoms with Gasteiger partial charge in [0.05, 0.1) is 5.69 Å². The van der Waals surface area contributed by atoms with Gasteiger partial charge in [-0.25, -0.2) is 9.69 Å². The molecule has 0 bridgehead atoms. The molecule has 1 aliphatic rings. The molecule has 1 aliphatic heterocycles. The smallest absolute Gasteiger partial charge is 0.335 e. The highest BCUT2D eigenvalue weighted by atomic mass is 16.5. The van der Waals surface area contributed by atoms with Gasteiger partial charge >= 0.3 is 6.03 Å². The molecule has 7 nitrogen and oxygen atoms in total. The zero-order chi connectivity index (χ0) is 28.9. The van der Waals surface area contributed by atoms with Crippen molar-refractivity contribution in [2.45, 2.75) is 34.0 Å². The molecule has 41 heavy (non-hydrogen) atoms. The monoisotopic (exact) mass is 546 g/mol. The van der Waals surface area contributed by atoms with Crippen LogP contribution in [0.4, 0.5) is 10.5 Å². The van der Waals surface area contributed by atoms with E-state index in [0.29, 0.717) is 36.0 Å². The summed E-state index contributed by atoms with van der Waals surface area (Å²) in [4.78, 5) is 39.4. The number of benzene rings is 4. The summed E-state index contributed by atoms with van der Waals surface area (Å²) >= 11 is 0. The number of rotatable bonds is 8. The number of aryl methyl sites for hydroxylation is 3. The first-order valence-electron chi connectivity index (χ1n) is 13.3. The van der Waals surface area contributed by atoms with Crippen LogP contribution in [-0.4, -0.2) is 17.8 Å². The third-order valence-corrected chi connectivity index (χ3v) is 6.89. The fraction of sp³-hybridized carbons (Fsp3) is 0.147. The van der Waals surface area contributed by atoms with Crippen LogP contribution in [0, 0.1) is 20.8 Å². The van der Waals surface area contributed by atoms with Gasteiger partial charge in [-0.2, -0.15) is 0 Å². The molecule has 1 saturated heterocycles. The number of anilines is 1. The number of nitrogens with zero attached hydrogens (tertiary/aromatic N) is 1. The van der Waals surface area contributed by atoms with E-state index < -0.39 is 17.8 Å². The van der Waals surface area contributed by atoms with E-state index in [0.717, 1.165) is 16.0 Å². The van der Waals surface area contributed by atoms with E-state index in [1.54, 1.807) is 48.5 Å². The Bertz CT molecular complexity index is 1620. The normalized spacial score (nSPS) is 14.3. The summed E-state index contributed by atoms with van der Waals surface area (Å²) in [6, 6.07) is 27.1. The van der Waals surface area contributed by atoms with Crippen LogP contribution in [-0.2, 0) is 22.8 Å². The van der Waals surface area contributed by atoms with Gasteiger partial charge in [0.15, 0.2) is 0 Å². The van der Waals surface area contributed by atoms with E-state index in [4.69, 9.17) is 9.47 Å². The highest BCUT2D eigenvalue weighted by Gasteiger charge is 2.36. The molecular formula is C34H30N2O5. The second kappa shape index (κ2) is 11.9. The summed E-state index contributed by atoms with van der Waals surface area (Å²) in [5.41, 5.74) is 6.50. The van der Waals surface area contributed by atoms with Crippen molar-refractivity contribution in [1.29, 1.82) is 0 Å². The number of hydrogen-bond acceptors (Lipinski definition) is 5. The van der Waals surface area contributed by atoms with Crippen molar-refractivity contribution in [2.75, 3.05) is 4.90 Å². The van der Waals surface area contributed by atoms with Crippen molar-refractivity contribution in [1.82, 2.24) is 5.32 Å². The van der Waals surface area contributed by atoms with Crippen molar-refractivity contribution in [2.24, 2.45) is 0 Å². The number of nitrogens with one attached hydrogen (secondary N) is 1. The minimum absolute atomic E-state index is 0.145. The number of amides is 4. The van der Waals surface area contributed by atoms with Gasteiger partial charge in [0.1, 0.15) is 30.3 Å². The van der Waals surface area contributed by atoms with Gasteiger partial charge in [0.2, 0.25) is 0 Å². The van der Waals surface area contributed by atoms with E-state index in [9.17, 15) is 14.4 Å². The molecule has 0 saturated carbocycles. The van der Waals surface area contributed by atoms with Gasteiger partial charge in [-0.1, -0.05) is 60.2 Å². The standard InChI is InChI=1S/C34H30N2O5/c1-22-4-7-26(8-5-22)20-40-30-16-12-28(13-17-30)36-33(38)31(32(37)35-34(36)39)19-25-10-14-29(15-11-25)41-21-27-9-6-23(2)24(3)18-27/h4-19H,20-21H2,1-3H3,(H,35,37,39)/b31-19+. The molecule has 1 fully saturated rings. The van der Waals surface area contributed by atoms with Crippen LogP contribution in [0.3, 0.4) is 0 Å². The minimum atomic E-state index is -0.805. The summed E-state index contributed by atoms with van der Waals surface area (Å²) in [7, 11) is 0. The maximum absolute atomic E-state index is 13.3. The summed E-state index contributed by atoms with van der Waals surface area (Å²) in [6.45, 7) is 6.97. The van der Waals surface area contributed by atoms with Crippen LogP contribution in [0.25, 0.3) is 6.08 Å². The number of carbonyl (C=O) groups is 3. The summed E-state index contributed by atoms with van der Waals surface area (Å²) in [6.07, 6.45) is 1.46. The predicted molar refractivity (Wildman–Crippen MR) is 158 cm³/mol. The van der Waals surface area contributed by atoms with Gasteiger partial charge < -0.3 is 9.47 Å². The zero-order valence-corrected chi connectivity index (χ0v) is 23.1. The third kappa shape index (κ3) is 6.53. The first-order valence-corrected chi connectivity index (χ1v) is 13.3. The highest BCUT2D eigenvalue weighted by molar-refractivity contribution is 6.39. The predicted octanol–water partition coefficient (Wildman–Crippen LogP) is 6.44. The Morgan fingerprint density at radius 3 is 1.90 bits per heavy atom. The minimum Gasteiger partial charge on any atom is -0.489 e. The van der Waals surface area contributed by atoms with Crippen LogP contribution in [0.15, 0.2) is 96.6 Å². The Hall–Kier alpha value is -5.17. The molecule has 206 valence electrons. The first-order chi connectivity index (χ1) is 19.8. The molecule has 7 heteroatoms. The lowest BCUT2D eigenvalue weighted by Crippen LogP contribution is -2.54. The fourth-order valence-electron chi connectivity index (χ4n) is 4.32. The summed E-state index contributed by atoms with van der Waals surface area (Å²) in [5.74, 6) is -0.205. The van der Waals surface area contributed by atoms with Gasteiger partial charge in [-0.15, -0.1) is 0 Å². The van der Waals surface area contributed by atoms with E-state index >= 15 is 0 Å². The van der Waals surface area contributed by atoms with Gasteiger partial charge in [0.25, 0.3) is 11.8 Å². The molecule has 0 spiro atoms. The highest BCUT2D eigenvalue weighted by Crippen LogP contribution is 2.25. The molecule has 4 aromatic rings. The van der Waals surface area contributed by atoms with Gasteiger partial charge in [0, 0.05) is 0 Å². The number of carbonyl (C=O) groups excluding carboxylic acids is 3.